The summed E-state index contributed by atoms with van der Waals surface area (Å²) in [5.41, 5.74) is 0.868. The van der Waals surface area contributed by atoms with E-state index >= 15 is 0 Å². The molecule has 0 N–H and O–H groups in total. The first kappa shape index (κ1) is 15.0. The molecule has 0 unspecified atom stereocenters. The van der Waals surface area contributed by atoms with Gasteiger partial charge in [-0.15, -0.1) is 0 Å². The van der Waals surface area contributed by atoms with Crippen LogP contribution in [-0.2, 0) is 9.59 Å². The molecule has 1 fully saturated rings. The van der Waals surface area contributed by atoms with Crippen LogP contribution >= 0.6 is 15.9 Å². The van der Waals surface area contributed by atoms with E-state index in [-0.39, 0.29) is 17.7 Å². The first-order chi connectivity index (χ1) is 9.41. The van der Waals surface area contributed by atoms with E-state index in [4.69, 9.17) is 0 Å². The van der Waals surface area contributed by atoms with Gasteiger partial charge in [-0.25, -0.2) is 0 Å². The predicted octanol–water partition coefficient (Wildman–Crippen LogP) is 2.67. The van der Waals surface area contributed by atoms with E-state index in [9.17, 15) is 9.59 Å². The molecule has 0 aromatic heterocycles. The zero-order chi connectivity index (χ0) is 14.9. The molecule has 1 aliphatic heterocycles. The Morgan fingerprint density at radius 2 is 2.05 bits per heavy atom. The molecule has 2 amide bonds. The summed E-state index contributed by atoms with van der Waals surface area (Å²) in [6.45, 7) is 6.64. The molecule has 20 heavy (non-hydrogen) atoms. The van der Waals surface area contributed by atoms with Crippen LogP contribution in [0.2, 0.25) is 0 Å². The summed E-state index contributed by atoms with van der Waals surface area (Å²) in [7, 11) is 0. The van der Waals surface area contributed by atoms with Crippen LogP contribution in [0, 0.1) is 5.92 Å². The van der Waals surface area contributed by atoms with E-state index < -0.39 is 6.04 Å². The van der Waals surface area contributed by atoms with Crippen LogP contribution in [0.4, 0.5) is 5.69 Å². The average Bonchev–Trinajstić information content (AvgIpc) is 2.41. The van der Waals surface area contributed by atoms with Crippen molar-refractivity contribution in [3.05, 3.63) is 28.7 Å². The van der Waals surface area contributed by atoms with Gasteiger partial charge >= 0.3 is 0 Å². The fraction of sp³-hybridized carbons (Fsp3) is 0.467. The summed E-state index contributed by atoms with van der Waals surface area (Å²) in [5, 5.41) is 0. The molecule has 0 aliphatic carbocycles. The molecule has 1 aromatic carbocycles. The number of amides is 2. The number of rotatable bonds is 2. The molecule has 0 saturated carbocycles. The van der Waals surface area contributed by atoms with Gasteiger partial charge in [0.2, 0.25) is 11.8 Å². The highest BCUT2D eigenvalue weighted by Crippen LogP contribution is 2.24. The van der Waals surface area contributed by atoms with Crippen molar-refractivity contribution in [3.8, 4) is 0 Å². The van der Waals surface area contributed by atoms with E-state index in [2.05, 4.69) is 15.9 Å². The summed E-state index contributed by atoms with van der Waals surface area (Å²) >= 11 is 3.42. The number of hydrogen-bond donors (Lipinski definition) is 0. The van der Waals surface area contributed by atoms with Gasteiger partial charge in [0, 0.05) is 29.2 Å². The molecule has 1 saturated heterocycles. The van der Waals surface area contributed by atoms with Gasteiger partial charge < -0.3 is 9.80 Å². The lowest BCUT2D eigenvalue weighted by atomic mass is 10.1. The molecule has 0 radical (unpaired) electrons. The summed E-state index contributed by atoms with van der Waals surface area (Å²) in [5.74, 6) is -0.0641. The Kier molecular flexibility index (Phi) is 4.48. The summed E-state index contributed by atoms with van der Waals surface area (Å²) < 4.78 is 0.941. The van der Waals surface area contributed by atoms with Gasteiger partial charge in [-0.1, -0.05) is 35.8 Å². The van der Waals surface area contributed by atoms with Gasteiger partial charge in [0.05, 0.1) is 0 Å². The summed E-state index contributed by atoms with van der Waals surface area (Å²) in [4.78, 5) is 28.0. The lowest BCUT2D eigenvalue weighted by Gasteiger charge is -2.39. The monoisotopic (exact) mass is 338 g/mol. The molecule has 1 aromatic rings. The lowest BCUT2D eigenvalue weighted by Crippen LogP contribution is -2.58. The van der Waals surface area contributed by atoms with Crippen LogP contribution in [0.5, 0.6) is 0 Å². The van der Waals surface area contributed by atoms with E-state index in [0.717, 1.165) is 10.2 Å². The third-order valence-corrected chi connectivity index (χ3v) is 4.05. The zero-order valence-electron chi connectivity index (χ0n) is 12.0. The van der Waals surface area contributed by atoms with E-state index in [1.165, 1.54) is 0 Å². The van der Waals surface area contributed by atoms with Crippen molar-refractivity contribution in [1.82, 2.24) is 4.90 Å². The van der Waals surface area contributed by atoms with Crippen molar-refractivity contribution in [3.63, 3.8) is 0 Å². The van der Waals surface area contributed by atoms with Crippen LogP contribution in [-0.4, -0.2) is 35.8 Å². The average molecular weight is 339 g/mol. The third kappa shape index (κ3) is 2.87. The Balaban J connectivity index is 2.19. The Bertz CT molecular complexity index is 530. The lowest BCUT2D eigenvalue weighted by molar-refractivity contribution is -0.143. The SMILES string of the molecule is CC(C)C(=O)N1CCN(c2cccc(Br)c2)C(=O)[C@@H]1C. The number of hydrogen-bond acceptors (Lipinski definition) is 2. The van der Waals surface area contributed by atoms with Crippen LogP contribution in [0.1, 0.15) is 20.8 Å². The van der Waals surface area contributed by atoms with Crippen LogP contribution in [0.25, 0.3) is 0 Å². The van der Waals surface area contributed by atoms with Crippen molar-refractivity contribution >= 4 is 33.4 Å². The Hall–Kier alpha value is -1.36. The number of carbonyl (C=O) groups is 2. The highest BCUT2D eigenvalue weighted by atomic mass is 79.9. The Labute approximate surface area is 127 Å². The normalized spacial score (nSPS) is 19.6. The van der Waals surface area contributed by atoms with E-state index in [1.54, 1.807) is 16.7 Å². The Morgan fingerprint density at radius 3 is 2.65 bits per heavy atom. The zero-order valence-corrected chi connectivity index (χ0v) is 13.6. The second-order valence-electron chi connectivity index (χ2n) is 5.33. The van der Waals surface area contributed by atoms with Gasteiger partial charge in [-0.2, -0.15) is 0 Å². The number of benzene rings is 1. The topological polar surface area (TPSA) is 40.6 Å². The minimum Gasteiger partial charge on any atom is -0.329 e. The molecule has 0 bridgehead atoms. The molecular weight excluding hydrogens is 320 g/mol. The molecule has 108 valence electrons. The van der Waals surface area contributed by atoms with Gasteiger partial charge in [0.1, 0.15) is 6.04 Å². The quantitative estimate of drug-likeness (QED) is 0.831. The number of piperazine rings is 1. The number of nitrogens with zero attached hydrogens (tertiary/aromatic N) is 2. The van der Waals surface area contributed by atoms with Crippen molar-refractivity contribution < 1.29 is 9.59 Å². The van der Waals surface area contributed by atoms with E-state index in [1.807, 2.05) is 38.1 Å². The van der Waals surface area contributed by atoms with Crippen molar-refractivity contribution in [2.24, 2.45) is 5.92 Å². The molecule has 4 nitrogen and oxygen atoms in total. The van der Waals surface area contributed by atoms with Crippen LogP contribution in [0.3, 0.4) is 0 Å². The number of carbonyl (C=O) groups excluding carboxylic acids is 2. The minimum absolute atomic E-state index is 0.0247. The number of halogens is 1. The third-order valence-electron chi connectivity index (χ3n) is 3.55. The first-order valence-corrected chi connectivity index (χ1v) is 7.58. The minimum atomic E-state index is -0.405. The van der Waals surface area contributed by atoms with Crippen molar-refractivity contribution in [1.29, 1.82) is 0 Å². The summed E-state index contributed by atoms with van der Waals surface area (Å²) in [6, 6.07) is 7.26. The summed E-state index contributed by atoms with van der Waals surface area (Å²) in [6.07, 6.45) is 0. The van der Waals surface area contributed by atoms with Crippen LogP contribution < -0.4 is 4.90 Å². The maximum atomic E-state index is 12.5. The molecule has 1 atom stereocenters. The molecule has 1 heterocycles. The van der Waals surface area contributed by atoms with Gasteiger partial charge in [0.25, 0.3) is 0 Å². The molecule has 1 aliphatic rings. The Morgan fingerprint density at radius 1 is 1.35 bits per heavy atom. The highest BCUT2D eigenvalue weighted by molar-refractivity contribution is 9.10. The molecule has 5 heteroatoms. The van der Waals surface area contributed by atoms with Gasteiger partial charge in [-0.05, 0) is 25.1 Å². The second kappa shape index (κ2) is 5.95. The maximum absolute atomic E-state index is 12.5. The van der Waals surface area contributed by atoms with E-state index in [0.29, 0.717) is 13.1 Å². The fourth-order valence-electron chi connectivity index (χ4n) is 2.40. The molecule has 0 spiro atoms. The smallest absolute Gasteiger partial charge is 0.249 e. The second-order valence-corrected chi connectivity index (χ2v) is 6.25. The van der Waals surface area contributed by atoms with Crippen LogP contribution in [0.15, 0.2) is 28.7 Å². The molecule has 2 rings (SSSR count). The highest BCUT2D eigenvalue weighted by Gasteiger charge is 2.35. The van der Waals surface area contributed by atoms with Gasteiger partial charge in [0.15, 0.2) is 0 Å². The first-order valence-electron chi connectivity index (χ1n) is 6.79. The number of anilines is 1. The van der Waals surface area contributed by atoms with Gasteiger partial charge in [-0.3, -0.25) is 9.59 Å². The van der Waals surface area contributed by atoms with Crippen molar-refractivity contribution in [2.45, 2.75) is 26.8 Å². The van der Waals surface area contributed by atoms with Crippen molar-refractivity contribution in [2.75, 3.05) is 18.0 Å². The molecular formula is C15H19BrN2O2. The predicted molar refractivity (Wildman–Crippen MR) is 82.5 cm³/mol. The fourth-order valence-corrected chi connectivity index (χ4v) is 2.79. The standard InChI is InChI=1S/C15H19BrN2O2/c1-10(2)14(19)17-7-8-18(15(20)11(17)3)13-6-4-5-12(16)9-13/h4-6,9-11H,7-8H2,1-3H3/t11-/m0/s1. The largest absolute Gasteiger partial charge is 0.329 e. The maximum Gasteiger partial charge on any atom is 0.249 e.